The van der Waals surface area contributed by atoms with Gasteiger partial charge in [0, 0.05) is 41.8 Å². The van der Waals surface area contributed by atoms with Crippen molar-refractivity contribution >= 4 is 32.7 Å². The van der Waals surface area contributed by atoms with Crippen molar-refractivity contribution in [2.45, 2.75) is 6.92 Å². The first-order valence-electron chi connectivity index (χ1n) is 8.77. The first kappa shape index (κ1) is 18.9. The van der Waals surface area contributed by atoms with Crippen LogP contribution in [-0.4, -0.2) is 27.5 Å². The van der Waals surface area contributed by atoms with Crippen molar-refractivity contribution in [3.8, 4) is 22.4 Å². The zero-order chi connectivity index (χ0) is 20.4. The van der Waals surface area contributed by atoms with Crippen molar-refractivity contribution in [3.05, 3.63) is 60.6 Å². The predicted octanol–water partition coefficient (Wildman–Crippen LogP) is 4.84. The number of urea groups is 1. The number of nitrogens with zero attached hydrogens (tertiary/aromatic N) is 3. The number of aromatic nitrogens is 3. The molecule has 0 unspecified atom stereocenters. The Bertz CT molecular complexity index is 1200. The fourth-order valence-electron chi connectivity index (χ4n) is 2.90. The van der Waals surface area contributed by atoms with Crippen LogP contribution in [0.3, 0.4) is 0 Å². The zero-order valence-corrected chi connectivity index (χ0v) is 16.1. The Morgan fingerprint density at radius 2 is 2.00 bits per heavy atom. The summed E-state index contributed by atoms with van der Waals surface area (Å²) in [6, 6.07) is 7.24. The lowest BCUT2D eigenvalue weighted by Gasteiger charge is -2.09. The lowest BCUT2D eigenvalue weighted by Crippen LogP contribution is -2.28. The Morgan fingerprint density at radius 3 is 2.72 bits per heavy atom. The van der Waals surface area contributed by atoms with E-state index < -0.39 is 17.7 Å². The zero-order valence-electron chi connectivity index (χ0n) is 15.2. The second-order valence-electron chi connectivity index (χ2n) is 6.04. The van der Waals surface area contributed by atoms with Crippen molar-refractivity contribution in [3.63, 3.8) is 0 Å². The lowest BCUT2D eigenvalue weighted by atomic mass is 10.0. The van der Waals surface area contributed by atoms with Crippen LogP contribution in [0.4, 0.5) is 18.7 Å². The number of hydrogen-bond acceptors (Lipinski definition) is 5. The van der Waals surface area contributed by atoms with Gasteiger partial charge in [0.15, 0.2) is 10.9 Å². The smallest absolute Gasteiger partial charge is 0.321 e. The normalized spacial score (nSPS) is 10.9. The topological polar surface area (TPSA) is 79.8 Å². The van der Waals surface area contributed by atoms with Gasteiger partial charge < -0.3 is 5.32 Å². The van der Waals surface area contributed by atoms with Crippen LogP contribution in [0.25, 0.3) is 32.6 Å². The van der Waals surface area contributed by atoms with Crippen molar-refractivity contribution in [2.75, 3.05) is 11.9 Å². The number of amides is 2. The molecule has 3 aromatic heterocycles. The molecule has 0 bridgehead atoms. The molecule has 0 fully saturated rings. The monoisotopic (exact) mass is 411 g/mol. The number of fused-ring (bicyclic) bond motifs is 1. The molecule has 0 radical (unpaired) electrons. The van der Waals surface area contributed by atoms with Crippen LogP contribution >= 0.6 is 11.3 Å². The summed E-state index contributed by atoms with van der Waals surface area (Å²) in [4.78, 5) is 24.2. The fourth-order valence-corrected chi connectivity index (χ4v) is 3.87. The number of thiazole rings is 1. The first-order valence-corrected chi connectivity index (χ1v) is 9.59. The van der Waals surface area contributed by atoms with Crippen LogP contribution in [0.2, 0.25) is 0 Å². The Labute approximate surface area is 168 Å². The van der Waals surface area contributed by atoms with E-state index in [1.807, 2.05) is 0 Å². The highest BCUT2D eigenvalue weighted by molar-refractivity contribution is 7.22. The van der Waals surface area contributed by atoms with Crippen LogP contribution in [0, 0.1) is 11.6 Å². The summed E-state index contributed by atoms with van der Waals surface area (Å²) in [5, 5.41) is 5.36. The van der Waals surface area contributed by atoms with Gasteiger partial charge in [-0.1, -0.05) is 17.4 Å². The van der Waals surface area contributed by atoms with Gasteiger partial charge in [0.2, 0.25) is 0 Å². The molecule has 4 rings (SSSR count). The maximum absolute atomic E-state index is 15.3. The third-order valence-corrected chi connectivity index (χ3v) is 5.15. The highest BCUT2D eigenvalue weighted by Gasteiger charge is 2.22. The number of halogens is 2. The van der Waals surface area contributed by atoms with Gasteiger partial charge in [-0.05, 0) is 31.2 Å². The Balaban J connectivity index is 1.96. The summed E-state index contributed by atoms with van der Waals surface area (Å²) < 4.78 is 30.2. The molecule has 0 aliphatic rings. The van der Waals surface area contributed by atoms with Crippen LogP contribution in [0.1, 0.15) is 6.92 Å². The largest absolute Gasteiger partial charge is 0.338 e. The molecule has 2 N–H and O–H groups in total. The number of anilines is 1. The summed E-state index contributed by atoms with van der Waals surface area (Å²) >= 11 is 1.05. The van der Waals surface area contributed by atoms with Gasteiger partial charge in [-0.25, -0.2) is 18.6 Å². The number of rotatable bonds is 4. The molecule has 0 saturated heterocycles. The second-order valence-corrected chi connectivity index (χ2v) is 7.04. The van der Waals surface area contributed by atoms with Gasteiger partial charge in [-0.3, -0.25) is 15.3 Å². The quantitative estimate of drug-likeness (QED) is 0.504. The van der Waals surface area contributed by atoms with E-state index in [2.05, 4.69) is 25.6 Å². The first-order chi connectivity index (χ1) is 14.1. The molecular formula is C20H15F2N5OS. The molecule has 0 atom stereocenters. The van der Waals surface area contributed by atoms with E-state index in [0.29, 0.717) is 22.4 Å². The van der Waals surface area contributed by atoms with E-state index in [1.165, 1.54) is 30.6 Å². The minimum atomic E-state index is -0.576. The van der Waals surface area contributed by atoms with E-state index in [9.17, 15) is 9.18 Å². The molecule has 6 nitrogen and oxygen atoms in total. The van der Waals surface area contributed by atoms with Gasteiger partial charge in [0.05, 0.1) is 4.70 Å². The van der Waals surface area contributed by atoms with Crippen molar-refractivity contribution in [1.29, 1.82) is 0 Å². The molecule has 29 heavy (non-hydrogen) atoms. The highest BCUT2D eigenvalue weighted by atomic mass is 32.1. The standard InChI is InChI=1S/C20H15F2N5OS/c1-2-24-19(28)27-20-26-17-15(22)12(11-5-3-7-23-10-11)9-13(18(17)29-20)16-14(21)6-4-8-25-16/h3-10H,2H2,1H3,(H2,24,26,27,28). The summed E-state index contributed by atoms with van der Waals surface area (Å²) in [5.74, 6) is -1.11. The lowest BCUT2D eigenvalue weighted by molar-refractivity contribution is 0.252. The molecule has 0 spiro atoms. The van der Waals surface area contributed by atoms with Crippen LogP contribution in [0.15, 0.2) is 48.9 Å². The summed E-state index contributed by atoms with van der Waals surface area (Å²) in [7, 11) is 0. The van der Waals surface area contributed by atoms with E-state index >= 15 is 4.39 Å². The predicted molar refractivity (Wildman–Crippen MR) is 109 cm³/mol. The maximum Gasteiger partial charge on any atom is 0.321 e. The average molecular weight is 411 g/mol. The molecule has 0 aliphatic heterocycles. The Hall–Kier alpha value is -3.46. The molecule has 3 heterocycles. The van der Waals surface area contributed by atoms with E-state index in [1.54, 1.807) is 25.3 Å². The minimum Gasteiger partial charge on any atom is -0.338 e. The van der Waals surface area contributed by atoms with Crippen LogP contribution in [0.5, 0.6) is 0 Å². The molecule has 146 valence electrons. The highest BCUT2D eigenvalue weighted by Crippen LogP contribution is 2.40. The van der Waals surface area contributed by atoms with Gasteiger partial charge in [0.25, 0.3) is 0 Å². The van der Waals surface area contributed by atoms with Crippen LogP contribution in [-0.2, 0) is 0 Å². The molecule has 4 aromatic rings. The summed E-state index contributed by atoms with van der Waals surface area (Å²) in [5.41, 5.74) is 1.25. The van der Waals surface area contributed by atoms with E-state index in [-0.39, 0.29) is 21.9 Å². The van der Waals surface area contributed by atoms with Crippen molar-refractivity contribution < 1.29 is 13.6 Å². The Kier molecular flexibility index (Phi) is 5.13. The number of benzene rings is 1. The van der Waals surface area contributed by atoms with Crippen molar-refractivity contribution in [1.82, 2.24) is 20.3 Å². The molecule has 0 saturated carbocycles. The maximum atomic E-state index is 15.3. The second kappa shape index (κ2) is 7.88. The van der Waals surface area contributed by atoms with Gasteiger partial charge in [-0.2, -0.15) is 0 Å². The third kappa shape index (κ3) is 3.64. The third-order valence-electron chi connectivity index (χ3n) is 4.15. The van der Waals surface area contributed by atoms with Crippen molar-refractivity contribution in [2.24, 2.45) is 0 Å². The molecule has 1 aromatic carbocycles. The van der Waals surface area contributed by atoms with E-state index in [0.717, 1.165) is 11.3 Å². The molecule has 2 amide bonds. The summed E-state index contributed by atoms with van der Waals surface area (Å²) in [6.45, 7) is 2.21. The SMILES string of the molecule is CCNC(=O)Nc1nc2c(F)c(-c3cccnc3)cc(-c3ncccc3F)c2s1. The molecular weight excluding hydrogens is 396 g/mol. The number of hydrogen-bond donors (Lipinski definition) is 2. The number of carbonyl (C=O) groups excluding carboxylic acids is 1. The van der Waals surface area contributed by atoms with Gasteiger partial charge in [0.1, 0.15) is 17.0 Å². The van der Waals surface area contributed by atoms with E-state index in [4.69, 9.17) is 0 Å². The number of pyridine rings is 2. The number of carbonyl (C=O) groups is 1. The minimum absolute atomic E-state index is 0.0307. The molecule has 9 heteroatoms. The fraction of sp³-hybridized carbons (Fsp3) is 0.100. The summed E-state index contributed by atoms with van der Waals surface area (Å²) in [6.07, 6.45) is 4.56. The average Bonchev–Trinajstić information content (AvgIpc) is 3.14. The molecule has 0 aliphatic carbocycles. The Morgan fingerprint density at radius 1 is 1.17 bits per heavy atom. The van der Waals surface area contributed by atoms with Crippen LogP contribution < -0.4 is 10.6 Å². The number of nitrogens with one attached hydrogen (secondary N) is 2. The van der Waals surface area contributed by atoms with Gasteiger partial charge in [-0.15, -0.1) is 0 Å². The van der Waals surface area contributed by atoms with Gasteiger partial charge >= 0.3 is 6.03 Å².